The number of hydrogen-bond donors (Lipinski definition) is 1. The first-order chi connectivity index (χ1) is 4.70. The Morgan fingerprint density at radius 3 is 2.80 bits per heavy atom. The summed E-state index contributed by atoms with van der Waals surface area (Å²) in [6.07, 6.45) is 1.74. The molecule has 10 heavy (non-hydrogen) atoms. The van der Waals surface area contributed by atoms with Gasteiger partial charge in [-0.15, -0.1) is 0 Å². The Morgan fingerprint density at radius 1 is 1.70 bits per heavy atom. The lowest BCUT2D eigenvalue weighted by Crippen LogP contribution is -2.06. The van der Waals surface area contributed by atoms with Crippen molar-refractivity contribution in [2.45, 2.75) is 13.0 Å². The molecular formula is C7H9BrN2. The average Bonchev–Trinajstić information content (AvgIpc) is 1.88. The van der Waals surface area contributed by atoms with Crippen molar-refractivity contribution in [1.82, 2.24) is 4.98 Å². The van der Waals surface area contributed by atoms with Crippen LogP contribution in [0.2, 0.25) is 0 Å². The molecule has 0 amide bonds. The molecule has 54 valence electrons. The summed E-state index contributed by atoms with van der Waals surface area (Å²) in [7, 11) is 0. The SMILES string of the molecule is C[C@@H](N)c1cc(Br)ccn1. The highest BCUT2D eigenvalue weighted by Gasteiger charge is 1.98. The van der Waals surface area contributed by atoms with Gasteiger partial charge in [-0.05, 0) is 19.1 Å². The lowest BCUT2D eigenvalue weighted by molar-refractivity contribution is 0.780. The molecular weight excluding hydrogens is 192 g/mol. The molecule has 2 N–H and O–H groups in total. The van der Waals surface area contributed by atoms with Crippen LogP contribution in [0.25, 0.3) is 0 Å². The Bertz CT molecular complexity index is 223. The largest absolute Gasteiger partial charge is 0.323 e. The maximum absolute atomic E-state index is 5.60. The molecule has 0 saturated heterocycles. The molecule has 0 aromatic carbocycles. The van der Waals surface area contributed by atoms with Crippen molar-refractivity contribution in [2.75, 3.05) is 0 Å². The molecule has 0 radical (unpaired) electrons. The molecule has 2 nitrogen and oxygen atoms in total. The Labute approximate surface area is 68.6 Å². The zero-order valence-electron chi connectivity index (χ0n) is 5.71. The number of rotatable bonds is 1. The van der Waals surface area contributed by atoms with Crippen LogP contribution in [0.5, 0.6) is 0 Å². The van der Waals surface area contributed by atoms with Crippen molar-refractivity contribution in [3.05, 3.63) is 28.5 Å². The zero-order chi connectivity index (χ0) is 7.56. The van der Waals surface area contributed by atoms with Crippen LogP contribution >= 0.6 is 15.9 Å². The first kappa shape index (κ1) is 7.69. The summed E-state index contributed by atoms with van der Waals surface area (Å²) in [5.74, 6) is 0. The highest BCUT2D eigenvalue weighted by Crippen LogP contribution is 2.12. The van der Waals surface area contributed by atoms with Crippen LogP contribution in [0, 0.1) is 0 Å². The first-order valence-electron chi connectivity index (χ1n) is 3.07. The third-order valence-corrected chi connectivity index (χ3v) is 1.70. The molecule has 1 atom stereocenters. The van der Waals surface area contributed by atoms with Gasteiger partial charge in [0.05, 0.1) is 5.69 Å². The van der Waals surface area contributed by atoms with E-state index in [9.17, 15) is 0 Å². The highest BCUT2D eigenvalue weighted by atomic mass is 79.9. The second-order valence-electron chi connectivity index (χ2n) is 2.19. The van der Waals surface area contributed by atoms with E-state index in [4.69, 9.17) is 5.73 Å². The van der Waals surface area contributed by atoms with Crippen LogP contribution in [0.1, 0.15) is 18.7 Å². The molecule has 3 heteroatoms. The van der Waals surface area contributed by atoms with Crippen molar-refractivity contribution in [1.29, 1.82) is 0 Å². The molecule has 0 saturated carbocycles. The van der Waals surface area contributed by atoms with E-state index in [2.05, 4.69) is 20.9 Å². The molecule has 1 aromatic heterocycles. The van der Waals surface area contributed by atoms with E-state index < -0.39 is 0 Å². The van der Waals surface area contributed by atoms with Crippen LogP contribution in [-0.2, 0) is 0 Å². The zero-order valence-corrected chi connectivity index (χ0v) is 7.30. The molecule has 0 fully saturated rings. The number of aromatic nitrogens is 1. The van der Waals surface area contributed by atoms with E-state index in [1.54, 1.807) is 6.20 Å². The summed E-state index contributed by atoms with van der Waals surface area (Å²) in [4.78, 5) is 4.08. The average molecular weight is 201 g/mol. The van der Waals surface area contributed by atoms with Crippen molar-refractivity contribution in [3.8, 4) is 0 Å². The highest BCUT2D eigenvalue weighted by molar-refractivity contribution is 9.10. The van der Waals surface area contributed by atoms with Crippen LogP contribution in [0.3, 0.4) is 0 Å². The molecule has 0 unspecified atom stereocenters. The van der Waals surface area contributed by atoms with Gasteiger partial charge in [0.1, 0.15) is 0 Å². The Hall–Kier alpha value is -0.410. The predicted molar refractivity (Wildman–Crippen MR) is 44.5 cm³/mol. The third kappa shape index (κ3) is 1.78. The minimum atomic E-state index is 0.0116. The molecule has 0 spiro atoms. The summed E-state index contributed by atoms with van der Waals surface area (Å²) in [5.41, 5.74) is 6.51. The lowest BCUT2D eigenvalue weighted by Gasteiger charge is -2.02. The van der Waals surface area contributed by atoms with Gasteiger partial charge in [-0.2, -0.15) is 0 Å². The molecule has 0 bridgehead atoms. The van der Waals surface area contributed by atoms with E-state index in [0.717, 1.165) is 10.2 Å². The van der Waals surface area contributed by atoms with Crippen LogP contribution in [-0.4, -0.2) is 4.98 Å². The van der Waals surface area contributed by atoms with Gasteiger partial charge in [0, 0.05) is 16.7 Å². The minimum Gasteiger partial charge on any atom is -0.323 e. The Morgan fingerprint density at radius 2 is 2.40 bits per heavy atom. The van der Waals surface area contributed by atoms with Gasteiger partial charge in [-0.1, -0.05) is 15.9 Å². The molecule has 0 aliphatic carbocycles. The van der Waals surface area contributed by atoms with E-state index in [1.165, 1.54) is 0 Å². The fourth-order valence-electron chi connectivity index (χ4n) is 0.670. The van der Waals surface area contributed by atoms with E-state index in [-0.39, 0.29) is 6.04 Å². The summed E-state index contributed by atoms with van der Waals surface area (Å²) in [6.45, 7) is 1.91. The fourth-order valence-corrected chi connectivity index (χ4v) is 1.02. The first-order valence-corrected chi connectivity index (χ1v) is 3.86. The second kappa shape index (κ2) is 3.12. The smallest absolute Gasteiger partial charge is 0.0579 e. The van der Waals surface area contributed by atoms with E-state index >= 15 is 0 Å². The number of pyridine rings is 1. The number of nitrogens with two attached hydrogens (primary N) is 1. The maximum Gasteiger partial charge on any atom is 0.0579 e. The topological polar surface area (TPSA) is 38.9 Å². The van der Waals surface area contributed by atoms with E-state index in [0.29, 0.717) is 0 Å². The quantitative estimate of drug-likeness (QED) is 0.753. The fraction of sp³-hybridized carbons (Fsp3) is 0.286. The normalized spacial score (nSPS) is 13.1. The summed E-state index contributed by atoms with van der Waals surface area (Å²) < 4.78 is 1.02. The van der Waals surface area contributed by atoms with Gasteiger partial charge in [-0.3, -0.25) is 4.98 Å². The standard InChI is InChI=1S/C7H9BrN2/c1-5(9)7-4-6(8)2-3-10-7/h2-5H,9H2,1H3/t5-/m1/s1. The predicted octanol–water partition coefficient (Wildman–Crippen LogP) is 1.86. The van der Waals surface area contributed by atoms with Crippen LogP contribution in [0.15, 0.2) is 22.8 Å². The van der Waals surface area contributed by atoms with Gasteiger partial charge < -0.3 is 5.73 Å². The number of hydrogen-bond acceptors (Lipinski definition) is 2. The van der Waals surface area contributed by atoms with Crippen molar-refractivity contribution >= 4 is 15.9 Å². The maximum atomic E-state index is 5.60. The Balaban J connectivity index is 2.96. The van der Waals surface area contributed by atoms with Crippen molar-refractivity contribution in [2.24, 2.45) is 5.73 Å². The summed E-state index contributed by atoms with van der Waals surface area (Å²) >= 11 is 3.33. The van der Waals surface area contributed by atoms with Gasteiger partial charge in [0.25, 0.3) is 0 Å². The molecule has 1 heterocycles. The molecule has 0 aliphatic heterocycles. The van der Waals surface area contributed by atoms with E-state index in [1.807, 2.05) is 19.1 Å². The summed E-state index contributed by atoms with van der Waals surface area (Å²) in [5, 5.41) is 0. The van der Waals surface area contributed by atoms with Gasteiger partial charge >= 0.3 is 0 Å². The monoisotopic (exact) mass is 200 g/mol. The van der Waals surface area contributed by atoms with Crippen LogP contribution < -0.4 is 5.73 Å². The lowest BCUT2D eigenvalue weighted by atomic mass is 10.2. The minimum absolute atomic E-state index is 0.0116. The Kier molecular flexibility index (Phi) is 2.40. The van der Waals surface area contributed by atoms with Gasteiger partial charge in [0.2, 0.25) is 0 Å². The molecule has 0 aliphatic rings. The molecule has 1 rings (SSSR count). The number of halogens is 1. The van der Waals surface area contributed by atoms with Gasteiger partial charge in [-0.25, -0.2) is 0 Å². The van der Waals surface area contributed by atoms with Gasteiger partial charge in [0.15, 0.2) is 0 Å². The number of nitrogens with zero attached hydrogens (tertiary/aromatic N) is 1. The van der Waals surface area contributed by atoms with Crippen molar-refractivity contribution in [3.63, 3.8) is 0 Å². The molecule has 1 aromatic rings. The third-order valence-electron chi connectivity index (χ3n) is 1.21. The second-order valence-corrected chi connectivity index (χ2v) is 3.10. The van der Waals surface area contributed by atoms with Crippen molar-refractivity contribution < 1.29 is 0 Å². The van der Waals surface area contributed by atoms with Crippen LogP contribution in [0.4, 0.5) is 0 Å². The summed E-state index contributed by atoms with van der Waals surface area (Å²) in [6, 6.07) is 3.81.